The van der Waals surface area contributed by atoms with Crippen LogP contribution in [0, 0.1) is 11.2 Å². The van der Waals surface area contributed by atoms with Crippen molar-refractivity contribution in [1.82, 2.24) is 14.8 Å². The lowest BCUT2D eigenvalue weighted by atomic mass is 10.0. The van der Waals surface area contributed by atoms with E-state index in [2.05, 4.69) is 15.4 Å². The average Bonchev–Trinajstić information content (AvgIpc) is 3.36. The van der Waals surface area contributed by atoms with Crippen molar-refractivity contribution in [2.75, 3.05) is 26.6 Å². The van der Waals surface area contributed by atoms with Gasteiger partial charge in [0.15, 0.2) is 17.3 Å². The standard InChI is InChI=1S/C26H25FN6O5.C2H4O2/c1-36-20-12-17(18(27)13-21(20)37-2)22(30-15-10-8-14(9-11-15)23(28)29)24-31-26(35)33(32-24)19-7-5-4-6-16(19)25(34)38-3;1-2(3)4/h4-13,22,30H,1-3H3,(H3,28,29)(H,31,32,35);1H3,(H,3,4). The van der Waals surface area contributed by atoms with Crippen LogP contribution in [-0.2, 0) is 9.53 Å². The van der Waals surface area contributed by atoms with Gasteiger partial charge in [-0.2, -0.15) is 4.68 Å². The third kappa shape index (κ3) is 7.10. The molecule has 220 valence electrons. The van der Waals surface area contributed by atoms with E-state index in [9.17, 15) is 9.59 Å². The summed E-state index contributed by atoms with van der Waals surface area (Å²) in [7, 11) is 4.04. The number of amidine groups is 1. The lowest BCUT2D eigenvalue weighted by molar-refractivity contribution is -0.134. The van der Waals surface area contributed by atoms with E-state index in [-0.39, 0.29) is 40.0 Å². The summed E-state index contributed by atoms with van der Waals surface area (Å²) in [5.74, 6) is -1.73. The number of anilines is 1. The molecule has 1 heterocycles. The van der Waals surface area contributed by atoms with Crippen LogP contribution in [0.5, 0.6) is 11.5 Å². The SMILES string of the molecule is CC(=O)O.COC(=O)c1ccccc1-n1nc(C(Nc2ccc(C(=N)N)cc2)c2cc(OC)c(OC)cc2F)[nH]c1=O. The summed E-state index contributed by atoms with van der Waals surface area (Å²) >= 11 is 0. The first kappa shape index (κ1) is 30.9. The Morgan fingerprint density at radius 2 is 1.67 bits per heavy atom. The van der Waals surface area contributed by atoms with Gasteiger partial charge in [0, 0.05) is 29.8 Å². The number of hydrogen-bond donors (Lipinski definition) is 5. The molecule has 1 atom stereocenters. The first-order valence-electron chi connectivity index (χ1n) is 12.2. The number of nitrogens with one attached hydrogen (secondary N) is 3. The van der Waals surface area contributed by atoms with Crippen molar-refractivity contribution in [2.45, 2.75) is 13.0 Å². The normalized spacial score (nSPS) is 11.0. The number of nitrogen functional groups attached to an aromatic ring is 1. The molecule has 3 aromatic carbocycles. The number of nitrogens with two attached hydrogens (primary N) is 1. The van der Waals surface area contributed by atoms with E-state index in [0.29, 0.717) is 11.3 Å². The maximum atomic E-state index is 15.4. The van der Waals surface area contributed by atoms with Crippen LogP contribution in [0.3, 0.4) is 0 Å². The highest BCUT2D eigenvalue weighted by Crippen LogP contribution is 2.35. The van der Waals surface area contributed by atoms with Gasteiger partial charge in [0.1, 0.15) is 17.7 Å². The molecule has 0 amide bonds. The number of benzene rings is 3. The Kier molecular flexibility index (Phi) is 10.0. The minimum absolute atomic E-state index is 0.0523. The maximum Gasteiger partial charge on any atom is 0.348 e. The van der Waals surface area contributed by atoms with E-state index in [0.717, 1.165) is 11.6 Å². The van der Waals surface area contributed by atoms with Gasteiger partial charge in [-0.25, -0.2) is 14.0 Å². The maximum absolute atomic E-state index is 15.4. The molecule has 0 fully saturated rings. The van der Waals surface area contributed by atoms with E-state index in [4.69, 9.17) is 35.3 Å². The number of ether oxygens (including phenoxy) is 3. The number of carbonyl (C=O) groups excluding carboxylic acids is 1. The fourth-order valence-electron chi connectivity index (χ4n) is 3.87. The number of hydrogen-bond acceptors (Lipinski definition) is 9. The molecule has 0 bridgehead atoms. The van der Waals surface area contributed by atoms with Gasteiger partial charge in [0.2, 0.25) is 0 Å². The van der Waals surface area contributed by atoms with E-state index < -0.39 is 29.5 Å². The van der Waals surface area contributed by atoms with E-state index in [1.807, 2.05) is 0 Å². The summed E-state index contributed by atoms with van der Waals surface area (Å²) in [6.45, 7) is 1.08. The van der Waals surface area contributed by atoms with Crippen molar-refractivity contribution in [1.29, 1.82) is 5.41 Å². The van der Waals surface area contributed by atoms with Crippen molar-refractivity contribution in [3.63, 3.8) is 0 Å². The van der Waals surface area contributed by atoms with Gasteiger partial charge in [-0.15, -0.1) is 5.10 Å². The Labute approximate surface area is 239 Å². The number of aromatic nitrogens is 3. The molecule has 0 saturated heterocycles. The molecular formula is C28H29FN6O7. The molecule has 0 aliphatic carbocycles. The number of carboxylic acids is 1. The number of para-hydroxylation sites is 1. The number of nitrogens with zero attached hydrogens (tertiary/aromatic N) is 2. The largest absolute Gasteiger partial charge is 0.493 e. The van der Waals surface area contributed by atoms with Crippen molar-refractivity contribution < 1.29 is 33.3 Å². The second kappa shape index (κ2) is 13.6. The highest BCUT2D eigenvalue weighted by Gasteiger charge is 2.26. The lowest BCUT2D eigenvalue weighted by Crippen LogP contribution is -2.19. The Hall–Kier alpha value is -5.66. The van der Waals surface area contributed by atoms with Gasteiger partial charge in [-0.1, -0.05) is 12.1 Å². The minimum Gasteiger partial charge on any atom is -0.493 e. The zero-order valence-electron chi connectivity index (χ0n) is 23.1. The Morgan fingerprint density at radius 3 is 2.24 bits per heavy atom. The monoisotopic (exact) mass is 580 g/mol. The fraction of sp³-hybridized carbons (Fsp3) is 0.179. The number of H-pyrrole nitrogens is 1. The van der Waals surface area contributed by atoms with Crippen molar-refractivity contribution >= 4 is 23.5 Å². The molecule has 4 aromatic rings. The van der Waals surface area contributed by atoms with Crippen LogP contribution in [0.4, 0.5) is 10.1 Å². The predicted octanol–water partition coefficient (Wildman–Crippen LogP) is 3.08. The highest BCUT2D eigenvalue weighted by atomic mass is 19.1. The van der Waals surface area contributed by atoms with Gasteiger partial charge >= 0.3 is 11.7 Å². The number of methoxy groups -OCH3 is 3. The number of aromatic amines is 1. The fourth-order valence-corrected chi connectivity index (χ4v) is 3.87. The van der Waals surface area contributed by atoms with Gasteiger partial charge < -0.3 is 30.4 Å². The average molecular weight is 581 g/mol. The number of halogens is 1. The van der Waals surface area contributed by atoms with Crippen LogP contribution < -0.4 is 26.2 Å². The number of carboxylic acid groups (broad SMARTS) is 1. The van der Waals surface area contributed by atoms with E-state index in [1.165, 1.54) is 45.6 Å². The van der Waals surface area contributed by atoms with Gasteiger partial charge in [-0.3, -0.25) is 15.2 Å². The summed E-state index contributed by atoms with van der Waals surface area (Å²) in [5, 5.41) is 22.6. The molecular weight excluding hydrogens is 551 g/mol. The molecule has 6 N–H and O–H groups in total. The van der Waals surface area contributed by atoms with Crippen LogP contribution in [0.25, 0.3) is 5.69 Å². The van der Waals surface area contributed by atoms with Crippen molar-refractivity contribution in [3.8, 4) is 17.2 Å². The second-order valence-corrected chi connectivity index (χ2v) is 8.55. The van der Waals surface area contributed by atoms with Crippen LogP contribution in [0.15, 0.2) is 65.5 Å². The summed E-state index contributed by atoms with van der Waals surface area (Å²) in [6.07, 6.45) is 0. The number of rotatable bonds is 9. The third-order valence-corrected chi connectivity index (χ3v) is 5.77. The second-order valence-electron chi connectivity index (χ2n) is 8.55. The molecule has 0 aliphatic heterocycles. The molecule has 0 radical (unpaired) electrons. The highest BCUT2D eigenvalue weighted by molar-refractivity contribution is 5.95. The van der Waals surface area contributed by atoms with Crippen LogP contribution in [0.2, 0.25) is 0 Å². The van der Waals surface area contributed by atoms with Gasteiger partial charge in [-0.05, 0) is 42.5 Å². The molecule has 0 spiro atoms. The summed E-state index contributed by atoms with van der Waals surface area (Å²) in [6, 6.07) is 14.5. The third-order valence-electron chi connectivity index (χ3n) is 5.77. The first-order chi connectivity index (χ1) is 20.0. The summed E-state index contributed by atoms with van der Waals surface area (Å²) in [5.41, 5.74) is 6.32. The summed E-state index contributed by atoms with van der Waals surface area (Å²) < 4.78 is 31.8. The zero-order valence-corrected chi connectivity index (χ0v) is 23.1. The molecule has 4 rings (SSSR count). The predicted molar refractivity (Wildman–Crippen MR) is 151 cm³/mol. The van der Waals surface area contributed by atoms with E-state index in [1.54, 1.807) is 36.4 Å². The Bertz CT molecular complexity index is 1650. The molecule has 14 heteroatoms. The lowest BCUT2D eigenvalue weighted by Gasteiger charge is -2.20. The van der Waals surface area contributed by atoms with Gasteiger partial charge in [0.05, 0.1) is 32.6 Å². The number of carbonyl (C=O) groups is 2. The molecule has 0 saturated carbocycles. The van der Waals surface area contributed by atoms with Crippen LogP contribution in [-0.4, -0.2) is 59.0 Å². The molecule has 1 unspecified atom stereocenters. The Morgan fingerprint density at radius 1 is 1.07 bits per heavy atom. The molecule has 42 heavy (non-hydrogen) atoms. The topological polar surface area (TPSA) is 195 Å². The molecule has 13 nitrogen and oxygen atoms in total. The van der Waals surface area contributed by atoms with E-state index >= 15 is 4.39 Å². The van der Waals surface area contributed by atoms with Crippen LogP contribution in [0.1, 0.15) is 40.3 Å². The number of aliphatic carboxylic acids is 1. The van der Waals surface area contributed by atoms with Crippen molar-refractivity contribution in [3.05, 3.63) is 99.5 Å². The van der Waals surface area contributed by atoms with Crippen molar-refractivity contribution in [2.24, 2.45) is 5.73 Å². The molecule has 1 aromatic heterocycles. The quantitative estimate of drug-likeness (QED) is 0.112. The summed E-state index contributed by atoms with van der Waals surface area (Å²) in [4.78, 5) is 37.0. The first-order valence-corrected chi connectivity index (χ1v) is 12.2. The van der Waals surface area contributed by atoms with Gasteiger partial charge in [0.25, 0.3) is 5.97 Å². The van der Waals surface area contributed by atoms with Crippen LogP contribution >= 0.6 is 0 Å². The smallest absolute Gasteiger partial charge is 0.348 e. The Balaban J connectivity index is 0.00000114. The minimum atomic E-state index is -1.02. The number of esters is 1. The zero-order chi connectivity index (χ0) is 31.0. The molecule has 0 aliphatic rings.